The van der Waals surface area contributed by atoms with Gasteiger partial charge in [-0.25, -0.2) is 4.79 Å². The summed E-state index contributed by atoms with van der Waals surface area (Å²) in [7, 11) is 1.67. The van der Waals surface area contributed by atoms with Gasteiger partial charge in [-0.2, -0.15) is 0 Å². The lowest BCUT2D eigenvalue weighted by Crippen LogP contribution is -2.43. The van der Waals surface area contributed by atoms with E-state index in [0.717, 1.165) is 12.8 Å². The molecule has 0 unspecified atom stereocenters. The normalized spacial score (nSPS) is 31.3. The van der Waals surface area contributed by atoms with Crippen molar-refractivity contribution in [2.75, 3.05) is 20.3 Å². The van der Waals surface area contributed by atoms with Crippen molar-refractivity contribution < 1.29 is 19.4 Å². The van der Waals surface area contributed by atoms with E-state index < -0.39 is 11.6 Å². The van der Waals surface area contributed by atoms with Gasteiger partial charge in [-0.05, 0) is 38.5 Å². The van der Waals surface area contributed by atoms with Crippen molar-refractivity contribution in [2.24, 2.45) is 5.92 Å². The largest absolute Gasteiger partial charge is 0.464 e. The van der Waals surface area contributed by atoms with Crippen LogP contribution in [0.5, 0.6) is 0 Å². The van der Waals surface area contributed by atoms with Gasteiger partial charge in [0.1, 0.15) is 0 Å². The Morgan fingerprint density at radius 2 is 2.07 bits per heavy atom. The molecule has 0 aromatic heterocycles. The van der Waals surface area contributed by atoms with Crippen LogP contribution in [0.15, 0.2) is 0 Å². The van der Waals surface area contributed by atoms with Crippen molar-refractivity contribution in [3.8, 4) is 0 Å². The zero-order chi connectivity index (χ0) is 11.3. The van der Waals surface area contributed by atoms with Crippen LogP contribution in [0.1, 0.15) is 32.6 Å². The van der Waals surface area contributed by atoms with Gasteiger partial charge in [-0.3, -0.25) is 0 Å². The lowest BCUT2D eigenvalue weighted by molar-refractivity contribution is -0.169. The van der Waals surface area contributed by atoms with E-state index in [-0.39, 0.29) is 0 Å². The van der Waals surface area contributed by atoms with E-state index >= 15 is 0 Å². The molecular weight excluding hydrogens is 196 g/mol. The minimum Gasteiger partial charge on any atom is -0.464 e. The molecule has 0 heterocycles. The minimum absolute atomic E-state index is 0.322. The van der Waals surface area contributed by atoms with Gasteiger partial charge in [-0.15, -0.1) is 0 Å². The van der Waals surface area contributed by atoms with E-state index in [1.54, 1.807) is 14.0 Å². The Hall–Kier alpha value is -0.610. The van der Waals surface area contributed by atoms with Crippen molar-refractivity contribution in [2.45, 2.75) is 38.2 Å². The fourth-order valence-electron chi connectivity index (χ4n) is 2.03. The summed E-state index contributed by atoms with van der Waals surface area (Å²) in [6.45, 7) is 2.78. The Balaban J connectivity index is 2.43. The zero-order valence-electron chi connectivity index (χ0n) is 9.49. The maximum atomic E-state index is 11.5. The van der Waals surface area contributed by atoms with E-state index in [1.165, 1.54) is 0 Å². The van der Waals surface area contributed by atoms with Crippen LogP contribution in [0.2, 0.25) is 0 Å². The Kier molecular flexibility index (Phi) is 4.54. The maximum absolute atomic E-state index is 11.5. The van der Waals surface area contributed by atoms with Crippen molar-refractivity contribution >= 4 is 5.97 Å². The smallest absolute Gasteiger partial charge is 0.338 e. The SMILES string of the molecule is CCOC(=O)C1(O)CCC(COC)CC1. The van der Waals surface area contributed by atoms with Gasteiger partial charge in [0.15, 0.2) is 5.60 Å². The molecule has 0 spiro atoms. The summed E-state index contributed by atoms with van der Waals surface area (Å²) in [5.41, 5.74) is -1.25. The van der Waals surface area contributed by atoms with Crippen LogP contribution in [-0.2, 0) is 14.3 Å². The van der Waals surface area contributed by atoms with E-state index in [2.05, 4.69) is 0 Å². The molecule has 4 nitrogen and oxygen atoms in total. The molecule has 1 rings (SSSR count). The molecule has 0 bridgehead atoms. The molecule has 4 heteroatoms. The second kappa shape index (κ2) is 5.47. The van der Waals surface area contributed by atoms with E-state index in [4.69, 9.17) is 9.47 Å². The van der Waals surface area contributed by atoms with Gasteiger partial charge in [0.2, 0.25) is 0 Å². The molecule has 0 amide bonds. The predicted molar refractivity (Wildman–Crippen MR) is 55.4 cm³/mol. The topological polar surface area (TPSA) is 55.8 Å². The molecular formula is C11H20O4. The van der Waals surface area contributed by atoms with Crippen molar-refractivity contribution in [3.05, 3.63) is 0 Å². The summed E-state index contributed by atoms with van der Waals surface area (Å²) in [6.07, 6.45) is 2.62. The highest BCUT2D eigenvalue weighted by molar-refractivity contribution is 5.79. The lowest BCUT2D eigenvalue weighted by Gasteiger charge is -2.33. The second-order valence-corrected chi connectivity index (χ2v) is 4.15. The summed E-state index contributed by atoms with van der Waals surface area (Å²) in [5, 5.41) is 10.0. The summed E-state index contributed by atoms with van der Waals surface area (Å²) >= 11 is 0. The molecule has 0 saturated heterocycles. The maximum Gasteiger partial charge on any atom is 0.338 e. The van der Waals surface area contributed by atoms with Crippen molar-refractivity contribution in [1.82, 2.24) is 0 Å². The first-order chi connectivity index (χ1) is 7.12. The molecule has 1 aliphatic rings. The van der Waals surface area contributed by atoms with Crippen LogP contribution in [0.3, 0.4) is 0 Å². The van der Waals surface area contributed by atoms with Crippen LogP contribution in [-0.4, -0.2) is 37.0 Å². The Morgan fingerprint density at radius 1 is 1.47 bits per heavy atom. The molecule has 15 heavy (non-hydrogen) atoms. The van der Waals surface area contributed by atoms with Gasteiger partial charge >= 0.3 is 5.97 Å². The summed E-state index contributed by atoms with van der Waals surface area (Å²) in [4.78, 5) is 11.5. The summed E-state index contributed by atoms with van der Waals surface area (Å²) in [6, 6.07) is 0. The first kappa shape index (κ1) is 12.5. The zero-order valence-corrected chi connectivity index (χ0v) is 9.49. The molecule has 0 aromatic carbocycles. The quantitative estimate of drug-likeness (QED) is 0.715. The first-order valence-corrected chi connectivity index (χ1v) is 5.51. The predicted octanol–water partition coefficient (Wildman–Crippen LogP) is 1.12. The molecule has 0 aliphatic heterocycles. The molecule has 1 saturated carbocycles. The van der Waals surface area contributed by atoms with Crippen LogP contribution in [0.25, 0.3) is 0 Å². The Bertz CT molecular complexity index is 207. The highest BCUT2D eigenvalue weighted by atomic mass is 16.5. The highest BCUT2D eigenvalue weighted by Gasteiger charge is 2.40. The van der Waals surface area contributed by atoms with Gasteiger partial charge in [-0.1, -0.05) is 0 Å². The average Bonchev–Trinajstić information content (AvgIpc) is 2.22. The molecule has 0 atom stereocenters. The fraction of sp³-hybridized carbons (Fsp3) is 0.909. The standard InChI is InChI=1S/C11H20O4/c1-3-15-10(12)11(13)6-4-9(5-7-11)8-14-2/h9,13H,3-8H2,1-2H3. The van der Waals surface area contributed by atoms with E-state index in [1.807, 2.05) is 0 Å². The van der Waals surface area contributed by atoms with Gasteiger partial charge in [0.25, 0.3) is 0 Å². The number of methoxy groups -OCH3 is 1. The van der Waals surface area contributed by atoms with E-state index in [0.29, 0.717) is 32.0 Å². The van der Waals surface area contributed by atoms with Crippen molar-refractivity contribution in [1.29, 1.82) is 0 Å². The van der Waals surface area contributed by atoms with Gasteiger partial charge < -0.3 is 14.6 Å². The van der Waals surface area contributed by atoms with Crippen LogP contribution >= 0.6 is 0 Å². The third kappa shape index (κ3) is 3.18. The van der Waals surface area contributed by atoms with E-state index in [9.17, 15) is 9.90 Å². The van der Waals surface area contributed by atoms with Gasteiger partial charge in [0.05, 0.1) is 6.61 Å². The molecule has 1 fully saturated rings. The third-order valence-corrected chi connectivity index (χ3v) is 2.99. The molecule has 1 aliphatic carbocycles. The summed E-state index contributed by atoms with van der Waals surface area (Å²) < 4.78 is 9.92. The van der Waals surface area contributed by atoms with Crippen LogP contribution < -0.4 is 0 Å². The number of esters is 1. The number of ether oxygens (including phenoxy) is 2. The number of hydrogen-bond acceptors (Lipinski definition) is 4. The monoisotopic (exact) mass is 216 g/mol. The number of aliphatic hydroxyl groups is 1. The third-order valence-electron chi connectivity index (χ3n) is 2.99. The number of carbonyl (C=O) groups excluding carboxylic acids is 1. The number of hydrogen-bond donors (Lipinski definition) is 1. The number of rotatable bonds is 4. The average molecular weight is 216 g/mol. The number of carbonyl (C=O) groups is 1. The van der Waals surface area contributed by atoms with Crippen LogP contribution in [0.4, 0.5) is 0 Å². The molecule has 1 N–H and O–H groups in total. The highest BCUT2D eigenvalue weighted by Crippen LogP contribution is 2.33. The molecule has 88 valence electrons. The Morgan fingerprint density at radius 3 is 2.53 bits per heavy atom. The van der Waals surface area contributed by atoms with Crippen molar-refractivity contribution in [3.63, 3.8) is 0 Å². The molecule has 0 aromatic rings. The van der Waals surface area contributed by atoms with Crippen LogP contribution in [0, 0.1) is 5.92 Å². The molecule has 0 radical (unpaired) electrons. The van der Waals surface area contributed by atoms with Gasteiger partial charge in [0, 0.05) is 13.7 Å². The minimum atomic E-state index is -1.25. The second-order valence-electron chi connectivity index (χ2n) is 4.15. The first-order valence-electron chi connectivity index (χ1n) is 5.51. The fourth-order valence-corrected chi connectivity index (χ4v) is 2.03. The Labute approximate surface area is 90.6 Å². The lowest BCUT2D eigenvalue weighted by atomic mass is 9.79. The summed E-state index contributed by atoms with van der Waals surface area (Å²) in [5.74, 6) is -0.00873.